The van der Waals surface area contributed by atoms with Gasteiger partial charge in [-0.3, -0.25) is 0 Å². The minimum atomic E-state index is -1.47. The van der Waals surface area contributed by atoms with E-state index in [9.17, 15) is 20.4 Å². The zero-order valence-corrected chi connectivity index (χ0v) is 13.0. The fraction of sp³-hybridized carbons (Fsp3) is 0.625. The molecule has 5 atom stereocenters. The molecule has 0 radical (unpaired) electrons. The summed E-state index contributed by atoms with van der Waals surface area (Å²) in [6, 6.07) is 5.43. The molecule has 0 amide bonds. The Morgan fingerprint density at radius 2 is 1.91 bits per heavy atom. The van der Waals surface area contributed by atoms with Gasteiger partial charge in [0.1, 0.15) is 30.0 Å². The Morgan fingerprint density at radius 3 is 2.61 bits per heavy atom. The predicted molar refractivity (Wildman–Crippen MR) is 79.2 cm³/mol. The number of hydrogen-bond acceptors (Lipinski definition) is 7. The molecule has 0 aromatic heterocycles. The minimum absolute atomic E-state index is 0.350. The first-order chi connectivity index (χ1) is 10.8. The van der Waals surface area contributed by atoms with Crippen molar-refractivity contribution in [3.8, 4) is 11.5 Å². The molecule has 1 aromatic carbocycles. The molecule has 23 heavy (non-hydrogen) atoms. The van der Waals surface area contributed by atoms with Crippen molar-refractivity contribution in [3.05, 3.63) is 23.8 Å². The molecule has 1 saturated heterocycles. The third-order valence-electron chi connectivity index (χ3n) is 4.15. The highest BCUT2D eigenvalue weighted by Gasteiger charge is 2.45. The van der Waals surface area contributed by atoms with Crippen molar-refractivity contribution in [1.82, 2.24) is 0 Å². The lowest BCUT2D eigenvalue weighted by Crippen LogP contribution is -2.60. The molecule has 0 aliphatic carbocycles. The van der Waals surface area contributed by atoms with E-state index in [1.54, 1.807) is 6.07 Å². The number of hydrogen-bond donors (Lipinski definition) is 4. The standard InChI is InChI=1S/C16H22O7/c1-16(2)6-8-4-3-5-9(14(8)23-16)21-15-13(20)12(19)11(18)10(7-17)22-15/h3-5,10-13,15,17-20H,6-7H2,1-2H3/t10-,11-,12+,13-,15-/m1/s1. The second-order valence-electron chi connectivity index (χ2n) is 6.60. The summed E-state index contributed by atoms with van der Waals surface area (Å²) in [5, 5.41) is 38.9. The van der Waals surface area contributed by atoms with Crippen molar-refractivity contribution in [2.45, 2.75) is 56.6 Å². The van der Waals surface area contributed by atoms with Gasteiger partial charge >= 0.3 is 0 Å². The first kappa shape index (κ1) is 16.5. The summed E-state index contributed by atoms with van der Waals surface area (Å²) in [4.78, 5) is 0. The fourth-order valence-corrected chi connectivity index (χ4v) is 2.97. The smallest absolute Gasteiger partial charge is 0.229 e. The molecule has 2 aliphatic heterocycles. The van der Waals surface area contributed by atoms with Gasteiger partial charge in [0.2, 0.25) is 6.29 Å². The van der Waals surface area contributed by atoms with Crippen molar-refractivity contribution in [2.75, 3.05) is 6.61 Å². The van der Waals surface area contributed by atoms with E-state index in [2.05, 4.69) is 0 Å². The highest BCUT2D eigenvalue weighted by molar-refractivity contribution is 5.50. The van der Waals surface area contributed by atoms with Crippen molar-refractivity contribution in [3.63, 3.8) is 0 Å². The molecule has 0 saturated carbocycles. The average Bonchev–Trinajstić information content (AvgIpc) is 2.82. The maximum atomic E-state index is 10.1. The maximum Gasteiger partial charge on any atom is 0.229 e. The van der Waals surface area contributed by atoms with Crippen LogP contribution in [0.3, 0.4) is 0 Å². The van der Waals surface area contributed by atoms with E-state index >= 15 is 0 Å². The largest absolute Gasteiger partial charge is 0.483 e. The Balaban J connectivity index is 1.82. The van der Waals surface area contributed by atoms with Crippen LogP contribution in [0.2, 0.25) is 0 Å². The first-order valence-corrected chi connectivity index (χ1v) is 7.60. The minimum Gasteiger partial charge on any atom is -0.483 e. The van der Waals surface area contributed by atoms with E-state index in [-0.39, 0.29) is 5.60 Å². The summed E-state index contributed by atoms with van der Waals surface area (Å²) >= 11 is 0. The van der Waals surface area contributed by atoms with Gasteiger partial charge in [0.15, 0.2) is 11.5 Å². The van der Waals surface area contributed by atoms with E-state index in [0.717, 1.165) is 12.0 Å². The summed E-state index contributed by atoms with van der Waals surface area (Å²) in [7, 11) is 0. The van der Waals surface area contributed by atoms with Crippen molar-refractivity contribution >= 4 is 0 Å². The third kappa shape index (κ3) is 3.02. The number of aliphatic hydroxyl groups is 4. The molecule has 1 fully saturated rings. The van der Waals surface area contributed by atoms with Gasteiger partial charge in [0.05, 0.1) is 6.61 Å². The Hall–Kier alpha value is -1.38. The summed E-state index contributed by atoms with van der Waals surface area (Å²) < 4.78 is 16.9. The van der Waals surface area contributed by atoms with Crippen LogP contribution in [-0.4, -0.2) is 63.3 Å². The first-order valence-electron chi connectivity index (χ1n) is 7.60. The van der Waals surface area contributed by atoms with Gasteiger partial charge in [-0.05, 0) is 19.9 Å². The second-order valence-corrected chi connectivity index (χ2v) is 6.60. The van der Waals surface area contributed by atoms with Crippen LogP contribution < -0.4 is 9.47 Å². The molecule has 3 rings (SSSR count). The summed E-state index contributed by atoms with van der Waals surface area (Å²) in [5.41, 5.74) is 0.633. The van der Waals surface area contributed by atoms with Gasteiger partial charge < -0.3 is 34.6 Å². The molecule has 7 nitrogen and oxygen atoms in total. The molecule has 1 aromatic rings. The quantitative estimate of drug-likeness (QED) is 0.597. The Bertz CT molecular complexity index is 572. The zero-order chi connectivity index (χ0) is 16.8. The monoisotopic (exact) mass is 326 g/mol. The lowest BCUT2D eigenvalue weighted by atomic mass is 9.99. The predicted octanol–water partition coefficient (Wildman–Crippen LogP) is -0.421. The van der Waals surface area contributed by atoms with Crippen LogP contribution in [0.5, 0.6) is 11.5 Å². The van der Waals surface area contributed by atoms with Gasteiger partial charge in [-0.1, -0.05) is 12.1 Å². The zero-order valence-electron chi connectivity index (χ0n) is 13.0. The normalized spacial score (nSPS) is 35.5. The van der Waals surface area contributed by atoms with E-state index in [4.69, 9.17) is 14.2 Å². The van der Waals surface area contributed by atoms with Crippen LogP contribution in [-0.2, 0) is 11.2 Å². The van der Waals surface area contributed by atoms with Gasteiger partial charge in [-0.2, -0.15) is 0 Å². The van der Waals surface area contributed by atoms with E-state index < -0.39 is 37.3 Å². The lowest BCUT2D eigenvalue weighted by molar-refractivity contribution is -0.277. The number of ether oxygens (including phenoxy) is 3. The molecule has 0 unspecified atom stereocenters. The molecular formula is C16H22O7. The number of fused-ring (bicyclic) bond motifs is 1. The molecule has 0 spiro atoms. The van der Waals surface area contributed by atoms with Crippen LogP contribution in [0.4, 0.5) is 0 Å². The molecule has 4 N–H and O–H groups in total. The molecule has 2 aliphatic rings. The number of benzene rings is 1. The topological polar surface area (TPSA) is 109 Å². The SMILES string of the molecule is CC1(C)Cc2cccc(O[C@@H]3O[C@H](CO)[C@@H](O)[C@H](O)[C@H]3O)c2O1. The van der Waals surface area contributed by atoms with Crippen LogP contribution in [0.15, 0.2) is 18.2 Å². The average molecular weight is 326 g/mol. The van der Waals surface area contributed by atoms with Crippen LogP contribution in [0.1, 0.15) is 19.4 Å². The maximum absolute atomic E-state index is 10.1. The number of para-hydroxylation sites is 1. The highest BCUT2D eigenvalue weighted by Crippen LogP contribution is 2.42. The fourth-order valence-electron chi connectivity index (χ4n) is 2.97. The number of rotatable bonds is 3. The summed E-state index contributed by atoms with van der Waals surface area (Å²) in [5.74, 6) is 0.965. The van der Waals surface area contributed by atoms with Gasteiger partial charge in [-0.15, -0.1) is 0 Å². The Morgan fingerprint density at radius 1 is 1.17 bits per heavy atom. The lowest BCUT2D eigenvalue weighted by Gasteiger charge is -2.39. The van der Waals surface area contributed by atoms with Gasteiger partial charge in [0.25, 0.3) is 0 Å². The van der Waals surface area contributed by atoms with Crippen LogP contribution in [0, 0.1) is 0 Å². The van der Waals surface area contributed by atoms with Gasteiger partial charge in [-0.25, -0.2) is 0 Å². The molecular weight excluding hydrogens is 304 g/mol. The second kappa shape index (κ2) is 5.92. The van der Waals surface area contributed by atoms with Crippen molar-refractivity contribution in [1.29, 1.82) is 0 Å². The van der Waals surface area contributed by atoms with Crippen molar-refractivity contribution in [2.24, 2.45) is 0 Å². The third-order valence-corrected chi connectivity index (χ3v) is 4.15. The van der Waals surface area contributed by atoms with E-state index in [1.807, 2.05) is 26.0 Å². The van der Waals surface area contributed by atoms with Crippen LogP contribution in [0.25, 0.3) is 0 Å². The van der Waals surface area contributed by atoms with Gasteiger partial charge in [0, 0.05) is 12.0 Å². The van der Waals surface area contributed by atoms with E-state index in [1.165, 1.54) is 0 Å². The van der Waals surface area contributed by atoms with Crippen LogP contribution >= 0.6 is 0 Å². The van der Waals surface area contributed by atoms with E-state index in [0.29, 0.717) is 11.5 Å². The molecule has 2 heterocycles. The highest BCUT2D eigenvalue weighted by atomic mass is 16.7. The summed E-state index contributed by atoms with van der Waals surface area (Å²) in [6.45, 7) is 3.43. The van der Waals surface area contributed by atoms with Crippen molar-refractivity contribution < 1.29 is 34.6 Å². The summed E-state index contributed by atoms with van der Waals surface area (Å²) in [6.07, 6.45) is -5.82. The Labute approximate surface area is 134 Å². The Kier molecular flexibility index (Phi) is 4.24. The molecule has 7 heteroatoms. The molecule has 128 valence electrons. The number of aliphatic hydroxyl groups excluding tert-OH is 4. The molecule has 0 bridgehead atoms.